The molecule has 0 saturated carbocycles. The summed E-state index contributed by atoms with van der Waals surface area (Å²) in [7, 11) is 0. The van der Waals surface area contributed by atoms with E-state index >= 15 is 0 Å². The Morgan fingerprint density at radius 2 is 1.92 bits per heavy atom. The minimum Gasteiger partial charge on any atom is -0.481 e. The van der Waals surface area contributed by atoms with Crippen LogP contribution >= 0.6 is 22.9 Å². The summed E-state index contributed by atoms with van der Waals surface area (Å²) in [6.45, 7) is 3.79. The van der Waals surface area contributed by atoms with Gasteiger partial charge in [-0.25, -0.2) is 0 Å². The molecule has 1 unspecified atom stereocenters. The Morgan fingerprint density at radius 3 is 2.46 bits per heavy atom. The molecule has 1 aromatic carbocycles. The zero-order valence-corrected chi connectivity index (χ0v) is 15.3. The van der Waals surface area contributed by atoms with Crippen LogP contribution in [-0.4, -0.2) is 29.1 Å². The minimum absolute atomic E-state index is 0.183. The van der Waals surface area contributed by atoms with Crippen molar-refractivity contribution >= 4 is 28.9 Å². The lowest BCUT2D eigenvalue weighted by Gasteiger charge is -2.36. The molecule has 0 aliphatic carbocycles. The SMILES string of the molecule is CCc1ccc(C(c2ccc(Cl)cc2)N2CCC(C(=O)O)CC2)s1. The van der Waals surface area contributed by atoms with Crippen molar-refractivity contribution in [2.45, 2.75) is 32.2 Å². The third-order valence-corrected chi connectivity index (χ3v) is 6.26. The molecule has 2 heterocycles. The van der Waals surface area contributed by atoms with E-state index in [1.165, 1.54) is 15.3 Å². The first kappa shape index (κ1) is 17.5. The number of piperidine rings is 1. The smallest absolute Gasteiger partial charge is 0.306 e. The number of likely N-dealkylation sites (tertiary alicyclic amines) is 1. The number of aryl methyl sites for hydroxylation is 1. The number of benzene rings is 1. The predicted octanol–water partition coefficient (Wildman–Crippen LogP) is 4.85. The van der Waals surface area contributed by atoms with Crippen LogP contribution in [0.25, 0.3) is 0 Å². The molecule has 1 fully saturated rings. The summed E-state index contributed by atoms with van der Waals surface area (Å²) in [6.07, 6.45) is 2.47. The van der Waals surface area contributed by atoms with E-state index in [-0.39, 0.29) is 12.0 Å². The Morgan fingerprint density at radius 1 is 1.25 bits per heavy atom. The largest absolute Gasteiger partial charge is 0.481 e. The van der Waals surface area contributed by atoms with Gasteiger partial charge in [0.2, 0.25) is 0 Å². The van der Waals surface area contributed by atoms with Gasteiger partial charge >= 0.3 is 5.97 Å². The predicted molar refractivity (Wildman–Crippen MR) is 98.9 cm³/mol. The van der Waals surface area contributed by atoms with E-state index in [1.54, 1.807) is 0 Å². The average Bonchev–Trinajstić information content (AvgIpc) is 3.06. The molecule has 1 aliphatic heterocycles. The van der Waals surface area contributed by atoms with Crippen molar-refractivity contribution in [2.75, 3.05) is 13.1 Å². The minimum atomic E-state index is -0.665. The molecule has 1 aromatic heterocycles. The Hall–Kier alpha value is -1.36. The van der Waals surface area contributed by atoms with Gasteiger partial charge in [0.25, 0.3) is 0 Å². The van der Waals surface area contributed by atoms with E-state index in [0.29, 0.717) is 12.8 Å². The van der Waals surface area contributed by atoms with Crippen molar-refractivity contribution in [3.8, 4) is 0 Å². The number of nitrogens with zero attached hydrogens (tertiary/aromatic N) is 1. The molecule has 0 amide bonds. The summed E-state index contributed by atoms with van der Waals surface area (Å²) < 4.78 is 0. The Kier molecular flexibility index (Phi) is 5.59. The van der Waals surface area contributed by atoms with Gasteiger partial charge in [-0.2, -0.15) is 0 Å². The first-order chi connectivity index (χ1) is 11.6. The third-order valence-electron chi connectivity index (χ3n) is 4.73. The van der Waals surface area contributed by atoms with Crippen LogP contribution in [-0.2, 0) is 11.2 Å². The van der Waals surface area contributed by atoms with Crippen molar-refractivity contribution in [3.63, 3.8) is 0 Å². The summed E-state index contributed by atoms with van der Waals surface area (Å²) in [5.74, 6) is -0.872. The quantitative estimate of drug-likeness (QED) is 0.825. The molecule has 24 heavy (non-hydrogen) atoms. The lowest BCUT2D eigenvalue weighted by molar-refractivity contribution is -0.143. The highest BCUT2D eigenvalue weighted by Gasteiger charge is 2.30. The number of hydrogen-bond donors (Lipinski definition) is 1. The Balaban J connectivity index is 1.87. The Labute approximate surface area is 151 Å². The maximum Gasteiger partial charge on any atom is 0.306 e. The highest BCUT2D eigenvalue weighted by molar-refractivity contribution is 7.12. The van der Waals surface area contributed by atoms with Gasteiger partial charge in [0.05, 0.1) is 12.0 Å². The second-order valence-electron chi connectivity index (χ2n) is 6.26. The van der Waals surface area contributed by atoms with Gasteiger partial charge in [-0.15, -0.1) is 11.3 Å². The second-order valence-corrected chi connectivity index (χ2v) is 7.90. The average molecular weight is 364 g/mol. The number of carbonyl (C=O) groups is 1. The van der Waals surface area contributed by atoms with Crippen LogP contribution < -0.4 is 0 Å². The first-order valence-corrected chi connectivity index (χ1v) is 9.59. The lowest BCUT2D eigenvalue weighted by Crippen LogP contribution is -2.39. The van der Waals surface area contributed by atoms with Crippen LogP contribution in [0.5, 0.6) is 0 Å². The monoisotopic (exact) mass is 363 g/mol. The molecule has 128 valence electrons. The summed E-state index contributed by atoms with van der Waals surface area (Å²) in [5, 5.41) is 9.97. The van der Waals surface area contributed by atoms with Crippen molar-refractivity contribution in [1.29, 1.82) is 0 Å². The van der Waals surface area contributed by atoms with Crippen LogP contribution in [0.1, 0.15) is 41.1 Å². The van der Waals surface area contributed by atoms with Crippen LogP contribution in [0.15, 0.2) is 36.4 Å². The highest BCUT2D eigenvalue weighted by atomic mass is 35.5. The molecular formula is C19H22ClNO2S. The van der Waals surface area contributed by atoms with E-state index in [2.05, 4.69) is 36.1 Å². The van der Waals surface area contributed by atoms with E-state index in [4.69, 9.17) is 11.6 Å². The van der Waals surface area contributed by atoms with Gasteiger partial charge in [-0.05, 0) is 62.2 Å². The van der Waals surface area contributed by atoms with Crippen LogP contribution in [0.2, 0.25) is 5.02 Å². The summed E-state index contributed by atoms with van der Waals surface area (Å²) >= 11 is 7.90. The molecule has 3 nitrogen and oxygen atoms in total. The van der Waals surface area contributed by atoms with Gasteiger partial charge in [-0.3, -0.25) is 9.69 Å². The fourth-order valence-electron chi connectivity index (χ4n) is 3.34. The molecule has 1 N–H and O–H groups in total. The summed E-state index contributed by atoms with van der Waals surface area (Å²) in [4.78, 5) is 16.3. The topological polar surface area (TPSA) is 40.5 Å². The number of hydrogen-bond acceptors (Lipinski definition) is 3. The maximum absolute atomic E-state index is 11.2. The van der Waals surface area contributed by atoms with E-state index in [1.807, 2.05) is 23.5 Å². The van der Waals surface area contributed by atoms with Crippen molar-refractivity contribution in [2.24, 2.45) is 5.92 Å². The van der Waals surface area contributed by atoms with Crippen molar-refractivity contribution in [1.82, 2.24) is 4.90 Å². The van der Waals surface area contributed by atoms with Gasteiger partial charge < -0.3 is 5.11 Å². The molecule has 0 bridgehead atoms. The van der Waals surface area contributed by atoms with Crippen molar-refractivity contribution in [3.05, 3.63) is 56.7 Å². The molecule has 1 saturated heterocycles. The summed E-state index contributed by atoms with van der Waals surface area (Å²) in [5.41, 5.74) is 1.22. The lowest BCUT2D eigenvalue weighted by atomic mass is 9.94. The van der Waals surface area contributed by atoms with Gasteiger partial charge in [0, 0.05) is 14.8 Å². The standard InChI is InChI=1S/C19H22ClNO2S/c1-2-16-7-8-17(24-16)18(13-3-5-15(20)6-4-13)21-11-9-14(10-12-21)19(22)23/h3-8,14,18H,2,9-12H2,1H3,(H,22,23). The molecule has 2 aromatic rings. The number of rotatable bonds is 5. The summed E-state index contributed by atoms with van der Waals surface area (Å²) in [6, 6.07) is 12.6. The second kappa shape index (κ2) is 7.68. The normalized spacial score (nSPS) is 17.8. The van der Waals surface area contributed by atoms with Crippen molar-refractivity contribution < 1.29 is 9.90 Å². The molecular weight excluding hydrogens is 342 g/mol. The zero-order chi connectivity index (χ0) is 17.1. The van der Waals surface area contributed by atoms with E-state index in [0.717, 1.165) is 24.5 Å². The fraction of sp³-hybridized carbons (Fsp3) is 0.421. The molecule has 0 radical (unpaired) electrons. The first-order valence-electron chi connectivity index (χ1n) is 8.39. The van der Waals surface area contributed by atoms with Gasteiger partial charge in [0.15, 0.2) is 0 Å². The fourth-order valence-corrected chi connectivity index (χ4v) is 4.58. The molecule has 1 atom stereocenters. The number of aliphatic carboxylic acids is 1. The molecule has 0 spiro atoms. The molecule has 1 aliphatic rings. The third kappa shape index (κ3) is 3.82. The number of thiophene rings is 1. The van der Waals surface area contributed by atoms with Crippen LogP contribution in [0.4, 0.5) is 0 Å². The molecule has 3 rings (SSSR count). The number of halogens is 1. The number of carboxylic acid groups (broad SMARTS) is 1. The Bertz CT molecular complexity index is 690. The zero-order valence-electron chi connectivity index (χ0n) is 13.7. The van der Waals surface area contributed by atoms with E-state index in [9.17, 15) is 9.90 Å². The van der Waals surface area contributed by atoms with Gasteiger partial charge in [0.1, 0.15) is 0 Å². The highest BCUT2D eigenvalue weighted by Crippen LogP contribution is 2.36. The number of carboxylic acids is 1. The van der Waals surface area contributed by atoms with Crippen LogP contribution in [0.3, 0.4) is 0 Å². The molecule has 5 heteroatoms. The van der Waals surface area contributed by atoms with Crippen LogP contribution in [0, 0.1) is 5.92 Å². The maximum atomic E-state index is 11.2. The van der Waals surface area contributed by atoms with E-state index < -0.39 is 5.97 Å². The van der Waals surface area contributed by atoms with Gasteiger partial charge in [-0.1, -0.05) is 30.7 Å².